The van der Waals surface area contributed by atoms with Crippen LogP contribution in [0, 0.1) is 6.92 Å². The van der Waals surface area contributed by atoms with Gasteiger partial charge in [-0.3, -0.25) is 15.0 Å². The van der Waals surface area contributed by atoms with E-state index in [1.165, 1.54) is 0 Å². The Hall–Kier alpha value is -3.20. The van der Waals surface area contributed by atoms with Crippen LogP contribution in [0.25, 0.3) is 0 Å². The number of hydrogen-bond donors (Lipinski definition) is 3. The Balaban J connectivity index is 1.55. The van der Waals surface area contributed by atoms with Gasteiger partial charge in [0, 0.05) is 52.0 Å². The van der Waals surface area contributed by atoms with Crippen molar-refractivity contribution in [1.29, 1.82) is 0 Å². The fourth-order valence-corrected chi connectivity index (χ4v) is 3.60. The molecule has 2 aromatic heterocycles. The molecule has 3 rings (SSSR count). The number of nitrogens with one attached hydrogen (secondary N) is 3. The summed E-state index contributed by atoms with van der Waals surface area (Å²) in [4.78, 5) is 37.0. The number of urea groups is 1. The highest BCUT2D eigenvalue weighted by molar-refractivity contribution is 5.92. The van der Waals surface area contributed by atoms with Crippen LogP contribution in [0.1, 0.15) is 35.6 Å². The van der Waals surface area contributed by atoms with Gasteiger partial charge in [0.15, 0.2) is 0 Å². The number of hydrogen-bond acceptors (Lipinski definition) is 6. The van der Waals surface area contributed by atoms with E-state index in [9.17, 15) is 9.59 Å². The standard InChI is InChI=1S/C22H31N7O2/c1-15(2)25-22(31)27-20-13-17(7-8-24-20)14-28-9-11-29(12-10-28)19-6-5-18(21(30)23-4)26-16(19)3/h5-8,13,15H,9-12,14H2,1-4H3,(H,23,30)(H2,24,25,27,31). The number of carbonyl (C=O) groups is 2. The molecule has 31 heavy (non-hydrogen) atoms. The van der Waals surface area contributed by atoms with E-state index in [4.69, 9.17) is 0 Å². The molecule has 1 aliphatic rings. The molecule has 1 saturated heterocycles. The molecule has 9 heteroatoms. The lowest BCUT2D eigenvalue weighted by Crippen LogP contribution is -2.46. The molecule has 0 aliphatic carbocycles. The first-order valence-corrected chi connectivity index (χ1v) is 10.5. The van der Waals surface area contributed by atoms with E-state index in [1.54, 1.807) is 19.3 Å². The van der Waals surface area contributed by atoms with Crippen LogP contribution in [0.5, 0.6) is 0 Å². The molecule has 0 unspecified atom stereocenters. The molecular formula is C22H31N7O2. The maximum absolute atomic E-state index is 11.9. The van der Waals surface area contributed by atoms with E-state index in [-0.39, 0.29) is 18.0 Å². The average molecular weight is 426 g/mol. The van der Waals surface area contributed by atoms with Crippen molar-refractivity contribution in [3.8, 4) is 0 Å². The lowest BCUT2D eigenvalue weighted by atomic mass is 10.2. The van der Waals surface area contributed by atoms with E-state index < -0.39 is 0 Å². The Morgan fingerprint density at radius 1 is 1.13 bits per heavy atom. The van der Waals surface area contributed by atoms with Gasteiger partial charge in [-0.15, -0.1) is 0 Å². The van der Waals surface area contributed by atoms with Gasteiger partial charge in [-0.1, -0.05) is 0 Å². The first-order chi connectivity index (χ1) is 14.9. The second kappa shape index (κ2) is 10.2. The van der Waals surface area contributed by atoms with E-state index in [2.05, 4.69) is 35.7 Å². The highest BCUT2D eigenvalue weighted by atomic mass is 16.2. The topological polar surface area (TPSA) is 102 Å². The summed E-state index contributed by atoms with van der Waals surface area (Å²) < 4.78 is 0. The summed E-state index contributed by atoms with van der Waals surface area (Å²) in [6, 6.07) is 7.46. The fourth-order valence-electron chi connectivity index (χ4n) is 3.60. The van der Waals surface area contributed by atoms with Crippen LogP contribution in [0.2, 0.25) is 0 Å². The van der Waals surface area contributed by atoms with Crippen LogP contribution in [-0.4, -0.2) is 66.1 Å². The summed E-state index contributed by atoms with van der Waals surface area (Å²) in [5.41, 5.74) is 3.47. The van der Waals surface area contributed by atoms with Gasteiger partial charge in [0.05, 0.1) is 11.4 Å². The number of pyridine rings is 2. The summed E-state index contributed by atoms with van der Waals surface area (Å²) in [7, 11) is 1.61. The van der Waals surface area contributed by atoms with Crippen molar-refractivity contribution in [2.24, 2.45) is 0 Å². The number of aryl methyl sites for hydroxylation is 1. The monoisotopic (exact) mass is 425 g/mol. The third-order valence-corrected chi connectivity index (χ3v) is 5.12. The molecule has 0 bridgehead atoms. The van der Waals surface area contributed by atoms with Crippen molar-refractivity contribution in [1.82, 2.24) is 25.5 Å². The molecule has 0 atom stereocenters. The minimum atomic E-state index is -0.250. The number of anilines is 2. The average Bonchev–Trinajstić information content (AvgIpc) is 2.73. The van der Waals surface area contributed by atoms with Gasteiger partial charge in [0.25, 0.3) is 5.91 Å². The number of aromatic nitrogens is 2. The molecule has 1 aliphatic heterocycles. The minimum Gasteiger partial charge on any atom is -0.368 e. The molecule has 9 nitrogen and oxygen atoms in total. The predicted octanol–water partition coefficient (Wildman–Crippen LogP) is 2.00. The van der Waals surface area contributed by atoms with Crippen molar-refractivity contribution in [3.63, 3.8) is 0 Å². The zero-order valence-corrected chi connectivity index (χ0v) is 18.6. The lowest BCUT2D eigenvalue weighted by Gasteiger charge is -2.36. The number of piperazine rings is 1. The smallest absolute Gasteiger partial charge is 0.320 e. The Kier molecular flexibility index (Phi) is 7.41. The molecule has 0 radical (unpaired) electrons. The molecule has 0 saturated carbocycles. The highest BCUT2D eigenvalue weighted by Crippen LogP contribution is 2.21. The number of carbonyl (C=O) groups excluding carboxylic acids is 2. The molecule has 2 aromatic rings. The summed E-state index contributed by atoms with van der Waals surface area (Å²) in [6.45, 7) is 10.2. The maximum atomic E-state index is 11.9. The van der Waals surface area contributed by atoms with Crippen molar-refractivity contribution in [2.45, 2.75) is 33.4 Å². The second-order valence-corrected chi connectivity index (χ2v) is 7.95. The molecule has 166 valence electrons. The van der Waals surface area contributed by atoms with Crippen LogP contribution < -0.4 is 20.9 Å². The first-order valence-electron chi connectivity index (χ1n) is 10.5. The van der Waals surface area contributed by atoms with Gasteiger partial charge in [-0.2, -0.15) is 0 Å². The van der Waals surface area contributed by atoms with E-state index in [0.29, 0.717) is 11.5 Å². The summed E-state index contributed by atoms with van der Waals surface area (Å²) in [5, 5.41) is 8.18. The van der Waals surface area contributed by atoms with Gasteiger partial charge in [-0.25, -0.2) is 14.8 Å². The normalized spacial score (nSPS) is 14.4. The fraction of sp³-hybridized carbons (Fsp3) is 0.455. The Labute approximate surface area is 183 Å². The number of nitrogens with zero attached hydrogens (tertiary/aromatic N) is 4. The van der Waals surface area contributed by atoms with E-state index in [0.717, 1.165) is 49.7 Å². The summed E-state index contributed by atoms with van der Waals surface area (Å²) >= 11 is 0. The number of amides is 3. The van der Waals surface area contributed by atoms with Crippen molar-refractivity contribution >= 4 is 23.4 Å². The SMILES string of the molecule is CNC(=O)c1ccc(N2CCN(Cc3ccnc(NC(=O)NC(C)C)c3)CC2)c(C)n1. The molecular weight excluding hydrogens is 394 g/mol. The number of rotatable bonds is 6. The van der Waals surface area contributed by atoms with Crippen molar-refractivity contribution < 1.29 is 9.59 Å². The third-order valence-electron chi connectivity index (χ3n) is 5.12. The van der Waals surface area contributed by atoms with Crippen LogP contribution in [-0.2, 0) is 6.54 Å². The Morgan fingerprint density at radius 3 is 2.52 bits per heavy atom. The molecule has 3 heterocycles. The Morgan fingerprint density at radius 2 is 1.87 bits per heavy atom. The second-order valence-electron chi connectivity index (χ2n) is 7.95. The quantitative estimate of drug-likeness (QED) is 0.654. The van der Waals surface area contributed by atoms with Crippen LogP contribution in [0.15, 0.2) is 30.5 Å². The molecule has 0 spiro atoms. The summed E-state index contributed by atoms with van der Waals surface area (Å²) in [6.07, 6.45) is 1.72. The van der Waals surface area contributed by atoms with Crippen molar-refractivity contribution in [3.05, 3.63) is 47.4 Å². The lowest BCUT2D eigenvalue weighted by molar-refractivity contribution is 0.0958. The minimum absolute atomic E-state index is 0.0679. The van der Waals surface area contributed by atoms with Crippen LogP contribution in [0.3, 0.4) is 0 Å². The van der Waals surface area contributed by atoms with Gasteiger partial charge < -0.3 is 15.5 Å². The molecule has 0 aromatic carbocycles. The van der Waals surface area contributed by atoms with Crippen molar-refractivity contribution in [2.75, 3.05) is 43.4 Å². The molecule has 3 N–H and O–H groups in total. The van der Waals surface area contributed by atoms with Gasteiger partial charge in [-0.05, 0) is 50.6 Å². The van der Waals surface area contributed by atoms with Crippen LogP contribution in [0.4, 0.5) is 16.3 Å². The predicted molar refractivity (Wildman–Crippen MR) is 121 cm³/mol. The zero-order valence-electron chi connectivity index (χ0n) is 18.6. The summed E-state index contributed by atoms with van der Waals surface area (Å²) in [5.74, 6) is 0.375. The first kappa shape index (κ1) is 22.5. The van der Waals surface area contributed by atoms with E-state index >= 15 is 0 Å². The maximum Gasteiger partial charge on any atom is 0.320 e. The zero-order chi connectivity index (χ0) is 22.4. The Bertz CT molecular complexity index is 924. The third kappa shape index (κ3) is 6.14. The van der Waals surface area contributed by atoms with Gasteiger partial charge >= 0.3 is 6.03 Å². The molecule has 1 fully saturated rings. The largest absolute Gasteiger partial charge is 0.368 e. The highest BCUT2D eigenvalue weighted by Gasteiger charge is 2.20. The van der Waals surface area contributed by atoms with Gasteiger partial charge in [0.1, 0.15) is 11.5 Å². The van der Waals surface area contributed by atoms with Gasteiger partial charge in [0.2, 0.25) is 0 Å². The van der Waals surface area contributed by atoms with Crippen LogP contribution >= 0.6 is 0 Å². The van der Waals surface area contributed by atoms with E-state index in [1.807, 2.05) is 39.0 Å². The molecule has 3 amide bonds.